The van der Waals surface area contributed by atoms with Crippen LogP contribution in [0.2, 0.25) is 5.02 Å². The van der Waals surface area contributed by atoms with E-state index in [1.807, 2.05) is 0 Å². The largest absolute Gasteiger partial charge is 0.435 e. The van der Waals surface area contributed by atoms with Gasteiger partial charge in [-0.15, -0.1) is 0 Å². The Kier molecular flexibility index (Phi) is 6.76. The number of nitrogens with one attached hydrogen (secondary N) is 1. The summed E-state index contributed by atoms with van der Waals surface area (Å²) in [6.07, 6.45) is 2.69. The van der Waals surface area contributed by atoms with Crippen molar-refractivity contribution >= 4 is 33.3 Å². The number of pyridine rings is 1. The molecule has 2 aromatic heterocycles. The van der Waals surface area contributed by atoms with Gasteiger partial charge in [0.15, 0.2) is 17.4 Å². The van der Waals surface area contributed by atoms with Gasteiger partial charge >= 0.3 is 0 Å². The van der Waals surface area contributed by atoms with Crippen LogP contribution >= 0.6 is 11.6 Å². The highest BCUT2D eigenvalue weighted by molar-refractivity contribution is 7.91. The Morgan fingerprint density at radius 2 is 1.80 bits per heavy atom. The van der Waals surface area contributed by atoms with Crippen LogP contribution in [0.25, 0.3) is 11.3 Å². The fourth-order valence-corrected chi connectivity index (χ4v) is 4.48. The SMILES string of the molecule is Nc1nccc(-c2cccnc2Oc2cc(F)c(NS(=O)(=O)Cc3cccc(Cl)c3)c(F)c2F)n1. The number of benzene rings is 2. The van der Waals surface area contributed by atoms with Crippen LogP contribution in [0.15, 0.2) is 60.9 Å². The lowest BCUT2D eigenvalue weighted by atomic mass is 10.2. The number of hydrogen-bond donors (Lipinski definition) is 2. The van der Waals surface area contributed by atoms with Crippen molar-refractivity contribution in [3.8, 4) is 22.9 Å². The number of rotatable bonds is 7. The Labute approximate surface area is 202 Å². The van der Waals surface area contributed by atoms with Gasteiger partial charge < -0.3 is 10.5 Å². The van der Waals surface area contributed by atoms with Crippen molar-refractivity contribution in [1.82, 2.24) is 15.0 Å². The van der Waals surface area contributed by atoms with Crippen molar-refractivity contribution in [3.05, 3.63) is 89.0 Å². The molecule has 0 aliphatic heterocycles. The van der Waals surface area contributed by atoms with Gasteiger partial charge in [-0.05, 0) is 35.9 Å². The molecule has 0 atom stereocenters. The molecule has 3 N–H and O–H groups in total. The molecule has 180 valence electrons. The van der Waals surface area contributed by atoms with E-state index in [0.717, 1.165) is 0 Å². The van der Waals surface area contributed by atoms with Crippen LogP contribution < -0.4 is 15.2 Å². The van der Waals surface area contributed by atoms with Gasteiger partial charge in [-0.3, -0.25) is 4.72 Å². The predicted molar refractivity (Wildman–Crippen MR) is 124 cm³/mol. The van der Waals surface area contributed by atoms with Gasteiger partial charge in [-0.2, -0.15) is 4.39 Å². The summed E-state index contributed by atoms with van der Waals surface area (Å²) in [7, 11) is -4.32. The van der Waals surface area contributed by atoms with E-state index in [4.69, 9.17) is 22.1 Å². The van der Waals surface area contributed by atoms with Crippen LogP contribution in [0.5, 0.6) is 11.6 Å². The van der Waals surface area contributed by atoms with E-state index < -0.39 is 44.7 Å². The van der Waals surface area contributed by atoms with Crippen LogP contribution in [0.1, 0.15) is 5.56 Å². The summed E-state index contributed by atoms with van der Waals surface area (Å²) in [5.74, 6) is -6.61. The van der Waals surface area contributed by atoms with Crippen LogP contribution in [-0.4, -0.2) is 23.4 Å². The summed E-state index contributed by atoms with van der Waals surface area (Å²) in [4.78, 5) is 11.7. The molecule has 0 aliphatic carbocycles. The zero-order chi connectivity index (χ0) is 25.2. The first-order valence-corrected chi connectivity index (χ1v) is 11.8. The van der Waals surface area contributed by atoms with E-state index in [0.29, 0.717) is 6.07 Å². The number of sulfonamides is 1. The molecule has 0 amide bonds. The van der Waals surface area contributed by atoms with E-state index in [1.54, 1.807) is 4.72 Å². The Morgan fingerprint density at radius 3 is 2.54 bits per heavy atom. The molecule has 0 spiro atoms. The molecule has 0 aliphatic rings. The lowest BCUT2D eigenvalue weighted by molar-refractivity contribution is 0.401. The monoisotopic (exact) mass is 521 g/mol. The minimum atomic E-state index is -4.32. The second-order valence-corrected chi connectivity index (χ2v) is 9.27. The van der Waals surface area contributed by atoms with Crippen LogP contribution in [0.4, 0.5) is 24.8 Å². The fourth-order valence-electron chi connectivity index (χ4n) is 3.07. The predicted octanol–water partition coefficient (Wildman–Crippen LogP) is 4.93. The fraction of sp³-hybridized carbons (Fsp3) is 0.0455. The molecule has 0 fully saturated rings. The van der Waals surface area contributed by atoms with Gasteiger partial charge in [-0.25, -0.2) is 32.2 Å². The van der Waals surface area contributed by atoms with Crippen molar-refractivity contribution < 1.29 is 26.3 Å². The van der Waals surface area contributed by atoms with E-state index in [-0.39, 0.29) is 33.7 Å². The van der Waals surface area contributed by atoms with Crippen molar-refractivity contribution in [3.63, 3.8) is 0 Å². The lowest BCUT2D eigenvalue weighted by Gasteiger charge is -2.14. The Hall–Kier alpha value is -3.90. The molecule has 0 unspecified atom stereocenters. The Bertz CT molecular complexity index is 1520. The molecule has 0 bridgehead atoms. The first kappa shape index (κ1) is 24.2. The van der Waals surface area contributed by atoms with Gasteiger partial charge in [0.25, 0.3) is 0 Å². The number of halogens is 4. The van der Waals surface area contributed by atoms with Crippen LogP contribution in [-0.2, 0) is 15.8 Å². The molecule has 0 saturated carbocycles. The second kappa shape index (κ2) is 9.76. The molecule has 0 radical (unpaired) electrons. The van der Waals surface area contributed by atoms with E-state index in [1.165, 1.54) is 54.9 Å². The first-order valence-electron chi connectivity index (χ1n) is 9.77. The maximum atomic E-state index is 14.8. The Morgan fingerprint density at radius 1 is 1.00 bits per heavy atom. The maximum Gasteiger partial charge on any atom is 0.237 e. The van der Waals surface area contributed by atoms with Gasteiger partial charge in [-0.1, -0.05) is 23.7 Å². The molecule has 35 heavy (non-hydrogen) atoms. The van der Waals surface area contributed by atoms with Crippen molar-refractivity contribution in [2.45, 2.75) is 5.75 Å². The molecular weight excluding hydrogens is 507 g/mol. The quantitative estimate of drug-likeness (QED) is 0.331. The molecule has 4 aromatic rings. The van der Waals surface area contributed by atoms with Crippen LogP contribution in [0, 0.1) is 17.5 Å². The highest BCUT2D eigenvalue weighted by Gasteiger charge is 2.25. The molecule has 2 heterocycles. The average molecular weight is 522 g/mol. The minimum Gasteiger partial charge on any atom is -0.435 e. The van der Waals surface area contributed by atoms with Gasteiger partial charge in [0.05, 0.1) is 17.0 Å². The summed E-state index contributed by atoms with van der Waals surface area (Å²) in [5, 5.41) is 0.279. The molecular formula is C22H15ClF3N5O3S. The van der Waals surface area contributed by atoms with Crippen LogP contribution in [0.3, 0.4) is 0 Å². The minimum absolute atomic E-state index is 0.0463. The third-order valence-corrected chi connectivity index (χ3v) is 6.02. The van der Waals surface area contributed by atoms with Gasteiger partial charge in [0.2, 0.25) is 27.7 Å². The zero-order valence-corrected chi connectivity index (χ0v) is 19.1. The number of nitrogens with zero attached hydrogens (tertiary/aromatic N) is 3. The molecule has 8 nitrogen and oxygen atoms in total. The molecule has 2 aromatic carbocycles. The topological polar surface area (TPSA) is 120 Å². The third kappa shape index (κ3) is 5.61. The van der Waals surface area contributed by atoms with Crippen molar-refractivity contribution in [2.75, 3.05) is 10.5 Å². The van der Waals surface area contributed by atoms with Gasteiger partial charge in [0, 0.05) is 23.5 Å². The number of aromatic nitrogens is 3. The normalized spacial score (nSPS) is 11.3. The lowest BCUT2D eigenvalue weighted by Crippen LogP contribution is -2.18. The highest BCUT2D eigenvalue weighted by Crippen LogP contribution is 2.35. The van der Waals surface area contributed by atoms with Crippen molar-refractivity contribution in [2.24, 2.45) is 0 Å². The highest BCUT2D eigenvalue weighted by atomic mass is 35.5. The maximum absolute atomic E-state index is 14.8. The molecule has 13 heteroatoms. The smallest absolute Gasteiger partial charge is 0.237 e. The first-order chi connectivity index (χ1) is 16.6. The summed E-state index contributed by atoms with van der Waals surface area (Å²) >= 11 is 5.83. The number of nitrogen functional groups attached to an aromatic ring is 1. The van der Waals surface area contributed by atoms with E-state index in [2.05, 4.69) is 15.0 Å². The number of ether oxygens (including phenoxy) is 1. The average Bonchev–Trinajstić information content (AvgIpc) is 2.80. The van der Waals surface area contributed by atoms with E-state index >= 15 is 0 Å². The van der Waals surface area contributed by atoms with Crippen molar-refractivity contribution in [1.29, 1.82) is 0 Å². The third-order valence-electron chi connectivity index (χ3n) is 4.56. The van der Waals surface area contributed by atoms with E-state index in [9.17, 15) is 21.6 Å². The van der Waals surface area contributed by atoms with Gasteiger partial charge in [0.1, 0.15) is 5.69 Å². The summed E-state index contributed by atoms with van der Waals surface area (Å²) in [6, 6.07) is 10.9. The Balaban J connectivity index is 1.64. The zero-order valence-electron chi connectivity index (χ0n) is 17.5. The number of nitrogens with two attached hydrogens (primary N) is 1. The number of hydrogen-bond acceptors (Lipinski definition) is 7. The molecule has 0 saturated heterocycles. The second-order valence-electron chi connectivity index (χ2n) is 7.11. The standard InChI is InChI=1S/C22H15ClF3N5O3S/c23-13-4-1-3-12(9-13)11-35(32,33)31-20-15(24)10-17(18(25)19(20)26)34-21-14(5-2-7-28-21)16-6-8-29-22(27)30-16/h1-10,31H,11H2,(H2,27,29,30). The molecule has 4 rings (SSSR count). The summed E-state index contributed by atoms with van der Waals surface area (Å²) in [6.45, 7) is 0. The summed E-state index contributed by atoms with van der Waals surface area (Å²) in [5.41, 5.74) is 5.16. The number of anilines is 2. The summed E-state index contributed by atoms with van der Waals surface area (Å²) < 4.78 is 76.2.